The normalized spacial score (nSPS) is 10.8. The third-order valence-electron chi connectivity index (χ3n) is 2.95. The van der Waals surface area contributed by atoms with E-state index in [4.69, 9.17) is 15.6 Å². The summed E-state index contributed by atoms with van der Waals surface area (Å²) in [6.07, 6.45) is 1.70. The third-order valence-corrected chi connectivity index (χ3v) is 2.95. The Morgan fingerprint density at radius 2 is 2.15 bits per heavy atom. The number of pyridine rings is 1. The molecular weight excluding hydrogens is 256 g/mol. The molecule has 0 aliphatic carbocycles. The number of ether oxygens (including phenoxy) is 1. The van der Waals surface area contributed by atoms with Gasteiger partial charge in [0.1, 0.15) is 18.2 Å². The molecule has 2 aromatic heterocycles. The fourth-order valence-corrected chi connectivity index (χ4v) is 2.08. The minimum atomic E-state index is -0.0457. The summed E-state index contributed by atoms with van der Waals surface area (Å²) in [4.78, 5) is 4.32. The molecule has 20 heavy (non-hydrogen) atoms. The highest BCUT2D eigenvalue weighted by molar-refractivity contribution is 5.89. The van der Waals surface area contributed by atoms with Gasteiger partial charge in [0.05, 0.1) is 17.8 Å². The molecule has 0 spiro atoms. The van der Waals surface area contributed by atoms with Gasteiger partial charge in [-0.25, -0.2) is 4.98 Å². The summed E-state index contributed by atoms with van der Waals surface area (Å²) in [5.41, 5.74) is 8.42. The van der Waals surface area contributed by atoms with E-state index < -0.39 is 0 Å². The van der Waals surface area contributed by atoms with Crippen LogP contribution >= 0.6 is 0 Å². The first-order valence-corrected chi connectivity index (χ1v) is 6.21. The average molecular weight is 270 g/mol. The molecule has 6 nitrogen and oxygen atoms in total. The second kappa shape index (κ2) is 5.18. The second-order valence-corrected chi connectivity index (χ2v) is 4.32. The molecule has 6 heteroatoms. The van der Waals surface area contributed by atoms with Crippen molar-refractivity contribution in [1.29, 1.82) is 0 Å². The lowest BCUT2D eigenvalue weighted by Crippen LogP contribution is -2.03. The molecule has 3 aromatic rings. The van der Waals surface area contributed by atoms with Crippen molar-refractivity contribution in [2.24, 2.45) is 0 Å². The predicted octanol–water partition coefficient (Wildman–Crippen LogP) is 1.58. The van der Waals surface area contributed by atoms with Crippen molar-refractivity contribution in [3.8, 4) is 17.0 Å². The van der Waals surface area contributed by atoms with Crippen LogP contribution in [-0.2, 0) is 0 Å². The van der Waals surface area contributed by atoms with Gasteiger partial charge in [0.25, 0.3) is 0 Å². The van der Waals surface area contributed by atoms with Gasteiger partial charge in [-0.1, -0.05) is 6.07 Å². The molecule has 0 aliphatic rings. The minimum Gasteiger partial charge on any atom is -0.490 e. The lowest BCUT2D eigenvalue weighted by Gasteiger charge is -2.09. The van der Waals surface area contributed by atoms with E-state index in [1.54, 1.807) is 12.3 Å². The minimum absolute atomic E-state index is 0.0457. The van der Waals surface area contributed by atoms with Crippen LogP contribution in [0.2, 0.25) is 0 Å². The number of aliphatic hydroxyl groups excluding tert-OH is 1. The van der Waals surface area contributed by atoms with E-state index in [1.807, 2.05) is 24.3 Å². The number of fused-ring (bicyclic) bond motifs is 1. The van der Waals surface area contributed by atoms with Crippen molar-refractivity contribution in [3.05, 3.63) is 36.5 Å². The first-order valence-electron chi connectivity index (χ1n) is 6.21. The highest BCUT2D eigenvalue weighted by Gasteiger charge is 2.08. The zero-order chi connectivity index (χ0) is 13.9. The maximum atomic E-state index is 8.86. The maximum Gasteiger partial charge on any atom is 0.132 e. The van der Waals surface area contributed by atoms with E-state index >= 15 is 0 Å². The summed E-state index contributed by atoms with van der Waals surface area (Å²) in [7, 11) is 0. The highest BCUT2D eigenvalue weighted by atomic mass is 16.5. The summed E-state index contributed by atoms with van der Waals surface area (Å²) < 4.78 is 5.49. The molecule has 1 aromatic carbocycles. The zero-order valence-corrected chi connectivity index (χ0v) is 10.7. The molecule has 102 valence electrons. The summed E-state index contributed by atoms with van der Waals surface area (Å²) in [6.45, 7) is 0.177. The van der Waals surface area contributed by atoms with Gasteiger partial charge < -0.3 is 15.6 Å². The van der Waals surface area contributed by atoms with Crippen molar-refractivity contribution in [2.45, 2.75) is 0 Å². The number of anilines is 1. The number of aliphatic hydroxyl groups is 1. The lowest BCUT2D eigenvalue weighted by molar-refractivity contribution is 0.203. The number of hydrogen-bond acceptors (Lipinski definition) is 5. The number of rotatable bonds is 4. The van der Waals surface area contributed by atoms with Gasteiger partial charge in [-0.05, 0) is 18.2 Å². The zero-order valence-electron chi connectivity index (χ0n) is 10.7. The van der Waals surface area contributed by atoms with Crippen LogP contribution in [0.25, 0.3) is 22.2 Å². The summed E-state index contributed by atoms with van der Waals surface area (Å²) in [6, 6.07) is 9.35. The molecule has 0 unspecified atom stereocenters. The number of nitrogens with one attached hydrogen (secondary N) is 1. The average Bonchev–Trinajstić information content (AvgIpc) is 2.98. The Kier molecular flexibility index (Phi) is 3.22. The predicted molar refractivity (Wildman–Crippen MR) is 76.3 cm³/mol. The molecule has 2 heterocycles. The van der Waals surface area contributed by atoms with Crippen LogP contribution in [0.15, 0.2) is 36.5 Å². The van der Waals surface area contributed by atoms with Crippen LogP contribution in [0.1, 0.15) is 0 Å². The number of benzene rings is 1. The summed E-state index contributed by atoms with van der Waals surface area (Å²) >= 11 is 0. The topological polar surface area (TPSA) is 97.0 Å². The third kappa shape index (κ3) is 2.28. The van der Waals surface area contributed by atoms with Gasteiger partial charge in [-0.3, -0.25) is 5.10 Å². The number of nitrogens with zero attached hydrogens (tertiary/aromatic N) is 2. The molecule has 4 N–H and O–H groups in total. The van der Waals surface area contributed by atoms with E-state index in [2.05, 4.69) is 15.2 Å². The van der Waals surface area contributed by atoms with Gasteiger partial charge in [0.2, 0.25) is 0 Å². The Hall–Kier alpha value is -2.60. The van der Waals surface area contributed by atoms with Crippen LogP contribution < -0.4 is 10.5 Å². The quantitative estimate of drug-likeness (QED) is 0.668. The number of H-pyrrole nitrogens is 1. The van der Waals surface area contributed by atoms with Crippen molar-refractivity contribution < 1.29 is 9.84 Å². The molecular formula is C14H14N4O2. The standard InChI is InChI=1S/C14H14N4O2/c15-14-8-13(20-6-5-19)10-2-1-9(7-12(10)17-14)11-3-4-16-18-11/h1-4,7-8,19H,5-6H2,(H2,15,17)(H,16,18). The van der Waals surface area contributed by atoms with Crippen molar-refractivity contribution >= 4 is 16.7 Å². The van der Waals surface area contributed by atoms with E-state index in [-0.39, 0.29) is 13.2 Å². The first-order chi connectivity index (χ1) is 9.78. The van der Waals surface area contributed by atoms with E-state index in [1.165, 1.54) is 0 Å². The number of hydrogen-bond donors (Lipinski definition) is 3. The number of aromatic nitrogens is 3. The van der Waals surface area contributed by atoms with Crippen LogP contribution in [0, 0.1) is 0 Å². The van der Waals surface area contributed by atoms with Crippen LogP contribution in [0.5, 0.6) is 5.75 Å². The summed E-state index contributed by atoms with van der Waals surface area (Å²) in [5, 5.41) is 16.6. The van der Waals surface area contributed by atoms with Crippen molar-refractivity contribution in [3.63, 3.8) is 0 Å². The molecule has 0 saturated heterocycles. The van der Waals surface area contributed by atoms with Crippen LogP contribution in [0.4, 0.5) is 5.82 Å². The SMILES string of the molecule is Nc1cc(OCCO)c2ccc(-c3ccn[nH]3)cc2n1. The molecule has 0 aliphatic heterocycles. The van der Waals surface area contributed by atoms with Crippen molar-refractivity contribution in [1.82, 2.24) is 15.2 Å². The van der Waals surface area contributed by atoms with Gasteiger partial charge in [0.15, 0.2) is 0 Å². The Morgan fingerprint density at radius 3 is 2.90 bits per heavy atom. The summed E-state index contributed by atoms with van der Waals surface area (Å²) in [5.74, 6) is 1.00. The Balaban J connectivity index is 2.10. The van der Waals surface area contributed by atoms with Gasteiger partial charge >= 0.3 is 0 Å². The van der Waals surface area contributed by atoms with Gasteiger partial charge in [-0.2, -0.15) is 5.10 Å². The lowest BCUT2D eigenvalue weighted by atomic mass is 10.1. The van der Waals surface area contributed by atoms with Gasteiger partial charge in [0, 0.05) is 23.2 Å². The molecule has 3 rings (SSSR count). The molecule has 0 amide bonds. The fourth-order valence-electron chi connectivity index (χ4n) is 2.08. The number of aromatic amines is 1. The Morgan fingerprint density at radius 1 is 1.25 bits per heavy atom. The van der Waals surface area contributed by atoms with E-state index in [0.29, 0.717) is 11.6 Å². The largest absolute Gasteiger partial charge is 0.490 e. The van der Waals surface area contributed by atoms with Crippen LogP contribution in [-0.4, -0.2) is 33.5 Å². The number of nitrogens with two attached hydrogens (primary N) is 1. The fraction of sp³-hybridized carbons (Fsp3) is 0.143. The van der Waals surface area contributed by atoms with E-state index in [0.717, 1.165) is 22.2 Å². The Labute approximate surface area is 115 Å². The molecule has 0 atom stereocenters. The Bertz CT molecular complexity index is 725. The smallest absolute Gasteiger partial charge is 0.132 e. The van der Waals surface area contributed by atoms with Crippen molar-refractivity contribution in [2.75, 3.05) is 18.9 Å². The molecule has 0 radical (unpaired) electrons. The first kappa shape index (κ1) is 12.4. The van der Waals surface area contributed by atoms with Gasteiger partial charge in [-0.15, -0.1) is 0 Å². The number of nitrogen functional groups attached to an aromatic ring is 1. The maximum absolute atomic E-state index is 8.86. The highest BCUT2D eigenvalue weighted by Crippen LogP contribution is 2.29. The molecule has 0 bridgehead atoms. The molecule has 0 saturated carbocycles. The monoisotopic (exact) mass is 270 g/mol. The second-order valence-electron chi connectivity index (χ2n) is 4.32. The van der Waals surface area contributed by atoms with E-state index in [9.17, 15) is 0 Å². The van der Waals surface area contributed by atoms with Crippen LogP contribution in [0.3, 0.4) is 0 Å². The molecule has 0 fully saturated rings.